The molecule has 4 atom stereocenters. The monoisotopic (exact) mass is 324 g/mol. The van der Waals surface area contributed by atoms with Gasteiger partial charge in [-0.15, -0.1) is 0 Å². The molecule has 0 spiro atoms. The summed E-state index contributed by atoms with van der Waals surface area (Å²) >= 11 is 0. The van der Waals surface area contributed by atoms with Crippen LogP contribution in [-0.4, -0.2) is 50.8 Å². The summed E-state index contributed by atoms with van der Waals surface area (Å²) in [7, 11) is 2.23. The summed E-state index contributed by atoms with van der Waals surface area (Å²) in [6, 6.07) is 0. The molecule has 1 unspecified atom stereocenters. The van der Waals surface area contributed by atoms with Gasteiger partial charge in [0, 0.05) is 6.42 Å². The van der Waals surface area contributed by atoms with E-state index in [-0.39, 0.29) is 30.3 Å². The lowest BCUT2D eigenvalue weighted by molar-refractivity contribution is -0.0591. The predicted molar refractivity (Wildman–Crippen MR) is 76.8 cm³/mol. The minimum Gasteiger partial charge on any atom is -0.369 e. The number of aromatic amines is 1. The number of fused-ring (bicyclic) bond motifs is 2. The van der Waals surface area contributed by atoms with Gasteiger partial charge in [0.2, 0.25) is 5.95 Å². The summed E-state index contributed by atoms with van der Waals surface area (Å²) in [5, 5.41) is 0. The number of hydrogen-bond acceptors (Lipinski definition) is 8. The van der Waals surface area contributed by atoms with Crippen LogP contribution in [0.2, 0.25) is 0 Å². The van der Waals surface area contributed by atoms with Gasteiger partial charge in [-0.05, 0) is 0 Å². The molecule has 2 aliphatic heterocycles. The Bertz CT molecular complexity index is 794. The van der Waals surface area contributed by atoms with Crippen molar-refractivity contribution in [3.05, 3.63) is 16.7 Å². The van der Waals surface area contributed by atoms with Crippen LogP contribution in [0.1, 0.15) is 12.6 Å². The highest BCUT2D eigenvalue weighted by Gasteiger charge is 2.52. The Kier molecular flexibility index (Phi) is 3.04. The Morgan fingerprint density at radius 2 is 2.36 bits per heavy atom. The lowest BCUT2D eigenvalue weighted by atomic mass is 10.2. The molecule has 0 aliphatic carbocycles. The van der Waals surface area contributed by atoms with Crippen LogP contribution in [0, 0.1) is 0 Å². The van der Waals surface area contributed by atoms with Gasteiger partial charge >= 0.3 is 15.4 Å². The van der Waals surface area contributed by atoms with Gasteiger partial charge in [-0.3, -0.25) is 14.3 Å². The zero-order valence-electron chi connectivity index (χ0n) is 11.2. The molecule has 4 N–H and O–H groups in total. The quantitative estimate of drug-likeness (QED) is 0.460. The number of imidazole rings is 1. The molecule has 2 radical (unpaired) electrons. The molecule has 0 amide bonds. The Morgan fingerprint density at radius 1 is 1.55 bits per heavy atom. The lowest BCUT2D eigenvalue weighted by Gasteiger charge is -2.26. The molecule has 4 heterocycles. The number of nitrogens with zero attached hydrogens (tertiary/aromatic N) is 3. The molecule has 0 bridgehead atoms. The fourth-order valence-electron chi connectivity index (χ4n) is 2.69. The van der Waals surface area contributed by atoms with E-state index in [1.165, 1.54) is 6.33 Å². The van der Waals surface area contributed by atoms with Gasteiger partial charge in [-0.2, -0.15) is 14.0 Å². The minimum atomic E-state index is -3.27. The van der Waals surface area contributed by atoms with Gasteiger partial charge in [-0.1, -0.05) is 0 Å². The van der Waals surface area contributed by atoms with Crippen molar-refractivity contribution < 1.29 is 18.7 Å². The number of nitrogens with one attached hydrogen (secondary N) is 1. The smallest absolute Gasteiger partial charge is 0.369 e. The molecular weight excluding hydrogens is 312 g/mol. The van der Waals surface area contributed by atoms with Gasteiger partial charge in [0.05, 0.1) is 6.33 Å². The molecule has 2 saturated heterocycles. The molecule has 22 heavy (non-hydrogen) atoms. The first-order valence-electron chi connectivity index (χ1n) is 6.54. The molecule has 12 heteroatoms. The number of H-pyrrole nitrogens is 1. The number of nitrogen functional groups attached to an aromatic ring is 1. The maximum absolute atomic E-state index is 11.8. The highest BCUT2D eigenvalue weighted by Crippen LogP contribution is 2.58. The molecule has 4 rings (SSSR count). The number of nitrogens with two attached hydrogens (primary N) is 1. The molecule has 2 aromatic rings. The highest BCUT2D eigenvalue weighted by molar-refractivity contribution is 7.85. The van der Waals surface area contributed by atoms with Crippen molar-refractivity contribution in [3.8, 4) is 0 Å². The van der Waals surface area contributed by atoms with E-state index in [4.69, 9.17) is 27.1 Å². The Morgan fingerprint density at radius 3 is 3.18 bits per heavy atom. The number of ether oxygens (including phenoxy) is 1. The fourth-order valence-corrected chi connectivity index (χ4v) is 3.72. The van der Waals surface area contributed by atoms with Gasteiger partial charge in [-0.25, -0.2) is 9.88 Å². The maximum atomic E-state index is 11.8. The standard InChI is InChI=1S/C10H12BN5O5P/c11-22(18)19-2-5-4(21-22)1-6(20-5)16-3-13-7-8(16)14-10(12)15-9(7)17/h3-6,18H,1-2H2,(H3,12,14,15,17)/q+1/t4-,5+,6+,22?/m0/s1. The van der Waals surface area contributed by atoms with Gasteiger partial charge in [0.1, 0.15) is 25.0 Å². The van der Waals surface area contributed by atoms with E-state index in [1.807, 2.05) is 0 Å². The zero-order chi connectivity index (χ0) is 15.5. The molecule has 0 saturated carbocycles. The van der Waals surface area contributed by atoms with Gasteiger partial charge in [0.15, 0.2) is 11.2 Å². The summed E-state index contributed by atoms with van der Waals surface area (Å²) in [5.41, 5.74) is 5.64. The SMILES string of the molecule is [B][P+]1(O)OC[C@H]2O[C@@H](n3cnc4c(=O)[nH]c(N)nc43)C[C@@H]2O1. The highest BCUT2D eigenvalue weighted by atomic mass is 31.2. The van der Waals surface area contributed by atoms with Crippen LogP contribution in [-0.2, 0) is 13.8 Å². The number of anilines is 1. The van der Waals surface area contributed by atoms with Crippen molar-refractivity contribution in [1.82, 2.24) is 19.5 Å². The van der Waals surface area contributed by atoms with E-state index in [0.717, 1.165) is 0 Å². The largest absolute Gasteiger partial charge is 0.488 e. The average molecular weight is 324 g/mol. The zero-order valence-corrected chi connectivity index (χ0v) is 12.1. The van der Waals surface area contributed by atoms with E-state index >= 15 is 0 Å². The third kappa shape index (κ3) is 2.22. The maximum Gasteiger partial charge on any atom is 0.488 e. The summed E-state index contributed by atoms with van der Waals surface area (Å²) in [6.45, 7) is 0.144. The van der Waals surface area contributed by atoms with Crippen LogP contribution in [0.15, 0.2) is 11.1 Å². The molecule has 10 nitrogen and oxygen atoms in total. The van der Waals surface area contributed by atoms with Crippen molar-refractivity contribution in [2.45, 2.75) is 24.9 Å². The molecular formula is C10H12BN5O5P+. The summed E-state index contributed by atoms with van der Waals surface area (Å²) < 4.78 is 17.8. The molecule has 114 valence electrons. The first kappa shape index (κ1) is 14.1. The Hall–Kier alpha value is -1.52. The summed E-state index contributed by atoms with van der Waals surface area (Å²) in [5.74, 6) is -0.00324. The Labute approximate surface area is 125 Å². The van der Waals surface area contributed by atoms with E-state index in [0.29, 0.717) is 12.1 Å². The van der Waals surface area contributed by atoms with Crippen molar-refractivity contribution in [1.29, 1.82) is 0 Å². The fraction of sp³-hybridized carbons (Fsp3) is 0.500. The third-order valence-electron chi connectivity index (χ3n) is 3.65. The van der Waals surface area contributed by atoms with Crippen LogP contribution in [0.5, 0.6) is 0 Å². The van der Waals surface area contributed by atoms with E-state index in [2.05, 4.69) is 15.0 Å². The van der Waals surface area contributed by atoms with Gasteiger partial charge < -0.3 is 10.5 Å². The second kappa shape index (κ2) is 4.74. The van der Waals surface area contributed by atoms with Crippen molar-refractivity contribution >= 4 is 32.5 Å². The second-order valence-electron chi connectivity index (χ2n) is 5.14. The summed E-state index contributed by atoms with van der Waals surface area (Å²) in [6.07, 6.45) is 0.673. The topological polar surface area (TPSA) is 138 Å². The first-order chi connectivity index (χ1) is 10.4. The molecule has 2 aliphatic rings. The third-order valence-corrected chi connectivity index (χ3v) is 4.74. The molecule has 2 fully saturated rings. The van der Waals surface area contributed by atoms with E-state index < -0.39 is 19.6 Å². The second-order valence-corrected chi connectivity index (χ2v) is 6.74. The normalized spacial score (nSPS) is 34.9. The van der Waals surface area contributed by atoms with Crippen LogP contribution < -0.4 is 11.3 Å². The van der Waals surface area contributed by atoms with Crippen LogP contribution in [0.3, 0.4) is 0 Å². The van der Waals surface area contributed by atoms with Crippen molar-refractivity contribution in [2.75, 3.05) is 12.3 Å². The van der Waals surface area contributed by atoms with Crippen LogP contribution in [0.25, 0.3) is 11.2 Å². The predicted octanol–water partition coefficient (Wildman–Crippen LogP) is -0.757. The Balaban J connectivity index is 1.68. The minimum absolute atomic E-state index is 0.00324. The van der Waals surface area contributed by atoms with Crippen molar-refractivity contribution in [2.24, 2.45) is 0 Å². The molecule has 2 aromatic heterocycles. The van der Waals surface area contributed by atoms with Crippen LogP contribution >= 0.6 is 7.82 Å². The van der Waals surface area contributed by atoms with E-state index in [1.54, 1.807) is 4.57 Å². The number of rotatable bonds is 1. The first-order valence-corrected chi connectivity index (χ1v) is 8.19. The van der Waals surface area contributed by atoms with E-state index in [9.17, 15) is 9.69 Å². The van der Waals surface area contributed by atoms with Crippen molar-refractivity contribution in [3.63, 3.8) is 0 Å². The van der Waals surface area contributed by atoms with Gasteiger partial charge in [0.25, 0.3) is 5.56 Å². The van der Waals surface area contributed by atoms with Crippen LogP contribution in [0.4, 0.5) is 5.95 Å². The lowest BCUT2D eigenvalue weighted by Crippen LogP contribution is -2.34. The number of aromatic nitrogens is 4. The average Bonchev–Trinajstić information content (AvgIpc) is 3.00. The molecule has 0 aromatic carbocycles. The number of hydrogen-bond donors (Lipinski definition) is 3. The summed E-state index contributed by atoms with van der Waals surface area (Å²) in [4.78, 5) is 32.0.